The smallest absolute Gasteiger partial charge is 0.322 e. The summed E-state index contributed by atoms with van der Waals surface area (Å²) in [6.45, 7) is 4.08. The van der Waals surface area contributed by atoms with E-state index in [4.69, 9.17) is 0 Å². The van der Waals surface area contributed by atoms with Gasteiger partial charge in [-0.1, -0.05) is 20.3 Å². The van der Waals surface area contributed by atoms with E-state index in [2.05, 4.69) is 4.72 Å². The van der Waals surface area contributed by atoms with Crippen LogP contribution >= 0.6 is 0 Å². The van der Waals surface area contributed by atoms with Crippen molar-refractivity contribution in [3.8, 4) is 0 Å². The first-order valence-electron chi connectivity index (χ1n) is 8.94. The summed E-state index contributed by atoms with van der Waals surface area (Å²) in [4.78, 5) is 25.5. The number of carbonyl (C=O) groups excluding carboxylic acids is 1. The fourth-order valence-electron chi connectivity index (χ4n) is 3.21. The predicted molar refractivity (Wildman–Crippen MR) is 96.4 cm³/mol. The molecule has 0 spiro atoms. The molecule has 1 fully saturated rings. The fraction of sp³-hybridized carbons (Fsp3) is 0.556. The molecule has 0 saturated heterocycles. The molecule has 1 aromatic rings. The molecule has 0 unspecified atom stereocenters. The Morgan fingerprint density at radius 1 is 1.35 bits per heavy atom. The number of nitrogens with zero attached hydrogens (tertiary/aromatic N) is 1. The molecule has 1 heterocycles. The molecule has 1 amide bonds. The standard InChI is InChI=1S/C18H24N2O5S/c1-3-11(2)16(18(22)23)19-26(24,25)14-6-7-15-13(10-14)8-9-20(15)17(21)12-4-5-12/h6-7,10-12,16,19H,3-5,8-9H2,1-2H3,(H,22,23)/t11-,16-/m1/s1. The molecule has 3 rings (SSSR count). The Morgan fingerprint density at radius 3 is 2.62 bits per heavy atom. The molecular weight excluding hydrogens is 356 g/mol. The number of nitrogens with one attached hydrogen (secondary N) is 1. The van der Waals surface area contributed by atoms with Crippen LogP contribution in [0.25, 0.3) is 0 Å². The number of carbonyl (C=O) groups is 2. The van der Waals surface area contributed by atoms with Crippen molar-refractivity contribution in [2.75, 3.05) is 11.4 Å². The molecule has 0 aromatic heterocycles. The van der Waals surface area contributed by atoms with Gasteiger partial charge in [0.25, 0.3) is 0 Å². The normalized spacial score (nSPS) is 19.1. The van der Waals surface area contributed by atoms with Crippen LogP contribution in [0.4, 0.5) is 5.69 Å². The highest BCUT2D eigenvalue weighted by Crippen LogP contribution is 2.37. The van der Waals surface area contributed by atoms with Gasteiger partial charge in [-0.2, -0.15) is 4.72 Å². The third-order valence-corrected chi connectivity index (χ3v) is 6.65. The first-order valence-corrected chi connectivity index (χ1v) is 10.4. The molecule has 2 aliphatic rings. The summed E-state index contributed by atoms with van der Waals surface area (Å²) >= 11 is 0. The molecular formula is C18H24N2O5S. The summed E-state index contributed by atoms with van der Waals surface area (Å²) in [5.41, 5.74) is 1.56. The van der Waals surface area contributed by atoms with Crippen LogP contribution < -0.4 is 9.62 Å². The zero-order valence-electron chi connectivity index (χ0n) is 14.9. The van der Waals surface area contributed by atoms with E-state index in [0.29, 0.717) is 19.4 Å². The summed E-state index contributed by atoms with van der Waals surface area (Å²) < 4.78 is 27.6. The Morgan fingerprint density at radius 2 is 2.04 bits per heavy atom. The van der Waals surface area contributed by atoms with E-state index in [1.54, 1.807) is 24.0 Å². The molecule has 2 atom stereocenters. The molecule has 26 heavy (non-hydrogen) atoms. The van der Waals surface area contributed by atoms with Gasteiger partial charge in [-0.05, 0) is 48.9 Å². The molecule has 1 aliphatic carbocycles. The SMILES string of the molecule is CC[C@@H](C)[C@@H](NS(=O)(=O)c1ccc2c(c1)CCN2C(=O)C1CC1)C(=O)O. The number of aliphatic carboxylic acids is 1. The van der Waals surface area contributed by atoms with Gasteiger partial charge in [0.05, 0.1) is 4.90 Å². The maximum Gasteiger partial charge on any atom is 0.322 e. The van der Waals surface area contributed by atoms with Crippen molar-refractivity contribution in [1.82, 2.24) is 4.72 Å². The van der Waals surface area contributed by atoms with Gasteiger partial charge in [0.1, 0.15) is 6.04 Å². The van der Waals surface area contributed by atoms with Crippen LogP contribution in [-0.2, 0) is 26.0 Å². The minimum atomic E-state index is -3.96. The summed E-state index contributed by atoms with van der Waals surface area (Å²) in [7, 11) is -3.96. The summed E-state index contributed by atoms with van der Waals surface area (Å²) in [5, 5.41) is 9.32. The number of sulfonamides is 1. The number of anilines is 1. The van der Waals surface area contributed by atoms with Crippen LogP contribution in [0.3, 0.4) is 0 Å². The number of amides is 1. The summed E-state index contributed by atoms with van der Waals surface area (Å²) in [5.74, 6) is -1.30. The number of rotatable bonds is 7. The maximum absolute atomic E-state index is 12.6. The van der Waals surface area contributed by atoms with Gasteiger partial charge in [0.2, 0.25) is 15.9 Å². The minimum Gasteiger partial charge on any atom is -0.480 e. The van der Waals surface area contributed by atoms with E-state index in [1.165, 1.54) is 6.07 Å². The van der Waals surface area contributed by atoms with E-state index in [9.17, 15) is 23.1 Å². The second-order valence-corrected chi connectivity index (χ2v) is 8.84. The number of hydrogen-bond donors (Lipinski definition) is 2. The second kappa shape index (κ2) is 7.00. The Labute approximate surface area is 153 Å². The van der Waals surface area contributed by atoms with Crippen LogP contribution in [0.1, 0.15) is 38.7 Å². The van der Waals surface area contributed by atoms with Crippen molar-refractivity contribution in [1.29, 1.82) is 0 Å². The fourth-order valence-corrected chi connectivity index (χ4v) is 4.55. The molecule has 1 aromatic carbocycles. The topological polar surface area (TPSA) is 104 Å². The zero-order valence-corrected chi connectivity index (χ0v) is 15.8. The van der Waals surface area contributed by atoms with Crippen LogP contribution in [0.5, 0.6) is 0 Å². The lowest BCUT2D eigenvalue weighted by atomic mass is 10.0. The van der Waals surface area contributed by atoms with Gasteiger partial charge in [-0.15, -0.1) is 0 Å². The Kier molecular flexibility index (Phi) is 5.07. The zero-order chi connectivity index (χ0) is 19.1. The highest BCUT2D eigenvalue weighted by Gasteiger charge is 2.37. The Bertz CT molecular complexity index is 832. The van der Waals surface area contributed by atoms with Crippen molar-refractivity contribution in [3.05, 3.63) is 23.8 Å². The minimum absolute atomic E-state index is 0.0338. The largest absolute Gasteiger partial charge is 0.480 e. The highest BCUT2D eigenvalue weighted by molar-refractivity contribution is 7.89. The highest BCUT2D eigenvalue weighted by atomic mass is 32.2. The van der Waals surface area contributed by atoms with Crippen LogP contribution in [-0.4, -0.2) is 38.0 Å². The lowest BCUT2D eigenvalue weighted by Gasteiger charge is -2.21. The summed E-state index contributed by atoms with van der Waals surface area (Å²) in [6, 6.07) is 3.46. The maximum atomic E-state index is 12.6. The van der Waals surface area contributed by atoms with Crippen molar-refractivity contribution >= 4 is 27.6 Å². The number of benzene rings is 1. The molecule has 1 saturated carbocycles. The third kappa shape index (κ3) is 3.61. The molecule has 142 valence electrons. The lowest BCUT2D eigenvalue weighted by molar-refractivity contribution is -0.140. The van der Waals surface area contributed by atoms with Crippen LogP contribution in [0, 0.1) is 11.8 Å². The van der Waals surface area contributed by atoms with E-state index in [-0.39, 0.29) is 22.6 Å². The predicted octanol–water partition coefficient (Wildman–Crippen LogP) is 1.76. The molecule has 1 aliphatic heterocycles. The molecule has 2 N–H and O–H groups in total. The third-order valence-electron chi connectivity index (χ3n) is 5.21. The number of carboxylic acids is 1. The molecule has 0 bridgehead atoms. The van der Waals surface area contributed by atoms with Crippen molar-refractivity contribution in [2.45, 2.75) is 50.5 Å². The van der Waals surface area contributed by atoms with E-state index in [1.807, 2.05) is 6.92 Å². The second-order valence-electron chi connectivity index (χ2n) is 7.13. The first-order chi connectivity index (χ1) is 12.2. The van der Waals surface area contributed by atoms with E-state index in [0.717, 1.165) is 24.1 Å². The van der Waals surface area contributed by atoms with Crippen LogP contribution in [0.2, 0.25) is 0 Å². The molecule has 8 heteroatoms. The number of carboxylic acid groups (broad SMARTS) is 1. The van der Waals surface area contributed by atoms with Gasteiger partial charge >= 0.3 is 5.97 Å². The van der Waals surface area contributed by atoms with E-state index < -0.39 is 22.0 Å². The first kappa shape index (κ1) is 18.8. The van der Waals surface area contributed by atoms with Gasteiger partial charge in [-0.25, -0.2) is 8.42 Å². The van der Waals surface area contributed by atoms with Crippen LogP contribution in [0.15, 0.2) is 23.1 Å². The van der Waals surface area contributed by atoms with Gasteiger partial charge < -0.3 is 10.0 Å². The molecule has 7 nitrogen and oxygen atoms in total. The van der Waals surface area contributed by atoms with Gasteiger partial charge in [0.15, 0.2) is 0 Å². The molecule has 0 radical (unpaired) electrons. The van der Waals surface area contributed by atoms with Crippen molar-refractivity contribution < 1.29 is 23.1 Å². The van der Waals surface area contributed by atoms with Gasteiger partial charge in [-0.3, -0.25) is 9.59 Å². The van der Waals surface area contributed by atoms with Crippen molar-refractivity contribution in [2.24, 2.45) is 11.8 Å². The number of hydrogen-bond acceptors (Lipinski definition) is 4. The Balaban J connectivity index is 1.83. The summed E-state index contributed by atoms with van der Waals surface area (Å²) in [6.07, 6.45) is 2.99. The monoisotopic (exact) mass is 380 g/mol. The lowest BCUT2D eigenvalue weighted by Crippen LogP contribution is -2.44. The Hall–Kier alpha value is -1.93. The number of fused-ring (bicyclic) bond motifs is 1. The van der Waals surface area contributed by atoms with Gasteiger partial charge in [0, 0.05) is 18.2 Å². The average Bonchev–Trinajstić information content (AvgIpc) is 3.37. The van der Waals surface area contributed by atoms with E-state index >= 15 is 0 Å². The quantitative estimate of drug-likeness (QED) is 0.750. The van der Waals surface area contributed by atoms with Crippen molar-refractivity contribution in [3.63, 3.8) is 0 Å². The average molecular weight is 380 g/mol.